The van der Waals surface area contributed by atoms with Crippen LogP contribution in [-0.4, -0.2) is 20.4 Å². The summed E-state index contributed by atoms with van der Waals surface area (Å²) in [6.07, 6.45) is 0. The molecule has 0 radical (unpaired) electrons. The molecule has 0 unspecified atom stereocenters. The molecular formula is C24H18N4O3. The number of oxime groups is 1. The standard InChI is InChI=1S/C24H18N4O3/c1-28-23(26-24(29)31-28)22(19-11-6-3-7-12-19)27-30-17-21-14-8-13-20(25-21)16-15-18-9-4-2-5-10-18/h2-14H,17H2,1H3. The maximum absolute atomic E-state index is 11.5. The molecule has 0 N–H and O–H groups in total. The predicted octanol–water partition coefficient (Wildman–Crippen LogP) is 3.14. The van der Waals surface area contributed by atoms with Crippen molar-refractivity contribution in [2.45, 2.75) is 6.61 Å². The zero-order valence-corrected chi connectivity index (χ0v) is 16.7. The van der Waals surface area contributed by atoms with Gasteiger partial charge in [-0.25, -0.2) is 9.78 Å². The van der Waals surface area contributed by atoms with Crippen molar-refractivity contribution < 1.29 is 9.36 Å². The van der Waals surface area contributed by atoms with Gasteiger partial charge in [-0.1, -0.05) is 65.7 Å². The van der Waals surface area contributed by atoms with Crippen LogP contribution in [0.5, 0.6) is 0 Å². The first-order valence-corrected chi connectivity index (χ1v) is 9.52. The van der Waals surface area contributed by atoms with Crippen LogP contribution in [0.25, 0.3) is 0 Å². The van der Waals surface area contributed by atoms with Gasteiger partial charge < -0.3 is 9.36 Å². The fourth-order valence-corrected chi connectivity index (χ4v) is 2.81. The van der Waals surface area contributed by atoms with E-state index in [-0.39, 0.29) is 12.4 Å². The summed E-state index contributed by atoms with van der Waals surface area (Å²) in [4.78, 5) is 25.4. The second kappa shape index (κ2) is 9.37. The second-order valence-electron chi connectivity index (χ2n) is 6.50. The third kappa shape index (κ3) is 5.14. The Morgan fingerprint density at radius 2 is 1.71 bits per heavy atom. The Balaban J connectivity index is 1.54. The molecule has 0 aliphatic heterocycles. The van der Waals surface area contributed by atoms with Crippen LogP contribution >= 0.6 is 0 Å². The highest BCUT2D eigenvalue weighted by Crippen LogP contribution is 2.10. The molecule has 7 nitrogen and oxygen atoms in total. The van der Waals surface area contributed by atoms with E-state index in [0.717, 1.165) is 11.1 Å². The SMILES string of the molecule is Cn1oc(=O)nc1C(=NOCc1cccc(C#Cc2ccccc2)n1)c1ccccc1. The van der Waals surface area contributed by atoms with E-state index in [9.17, 15) is 4.79 Å². The fourth-order valence-electron chi connectivity index (χ4n) is 2.81. The van der Waals surface area contributed by atoms with Crippen molar-refractivity contribution in [3.63, 3.8) is 0 Å². The van der Waals surface area contributed by atoms with Crippen LogP contribution in [0.2, 0.25) is 0 Å². The topological polar surface area (TPSA) is 82.5 Å². The molecule has 2 aromatic heterocycles. The zero-order chi connectivity index (χ0) is 21.5. The Morgan fingerprint density at radius 1 is 0.968 bits per heavy atom. The minimum Gasteiger partial charge on any atom is -0.389 e. The summed E-state index contributed by atoms with van der Waals surface area (Å²) in [6.45, 7) is 0.128. The largest absolute Gasteiger partial charge is 0.460 e. The van der Waals surface area contributed by atoms with E-state index in [0.29, 0.717) is 17.1 Å². The van der Waals surface area contributed by atoms with Crippen molar-refractivity contribution in [2.24, 2.45) is 12.2 Å². The van der Waals surface area contributed by atoms with E-state index in [4.69, 9.17) is 9.36 Å². The van der Waals surface area contributed by atoms with Gasteiger partial charge in [0.2, 0.25) is 0 Å². The normalized spacial score (nSPS) is 10.9. The summed E-state index contributed by atoms with van der Waals surface area (Å²) < 4.78 is 6.21. The van der Waals surface area contributed by atoms with E-state index in [1.165, 1.54) is 4.74 Å². The average Bonchev–Trinajstić information content (AvgIpc) is 3.14. The van der Waals surface area contributed by atoms with Crippen LogP contribution in [0.4, 0.5) is 0 Å². The summed E-state index contributed by atoms with van der Waals surface area (Å²) in [7, 11) is 1.58. The molecule has 2 aromatic carbocycles. The van der Waals surface area contributed by atoms with Gasteiger partial charge in [-0.3, -0.25) is 0 Å². The summed E-state index contributed by atoms with van der Waals surface area (Å²) in [5.74, 6) is 5.70. The van der Waals surface area contributed by atoms with Crippen molar-refractivity contribution in [1.29, 1.82) is 0 Å². The van der Waals surface area contributed by atoms with E-state index in [1.54, 1.807) is 7.05 Å². The highest BCUT2D eigenvalue weighted by Gasteiger charge is 2.16. The minimum atomic E-state index is -0.701. The van der Waals surface area contributed by atoms with Gasteiger partial charge in [0, 0.05) is 18.2 Å². The first kappa shape index (κ1) is 19.9. The fraction of sp³-hybridized carbons (Fsp3) is 0.0833. The minimum absolute atomic E-state index is 0.128. The zero-order valence-electron chi connectivity index (χ0n) is 16.7. The maximum Gasteiger partial charge on any atom is 0.460 e. The van der Waals surface area contributed by atoms with Gasteiger partial charge in [0.05, 0.1) is 5.69 Å². The lowest BCUT2D eigenvalue weighted by molar-refractivity contribution is 0.127. The molecular weight excluding hydrogens is 392 g/mol. The lowest BCUT2D eigenvalue weighted by atomic mass is 10.1. The van der Waals surface area contributed by atoms with Crippen molar-refractivity contribution in [2.75, 3.05) is 0 Å². The highest BCUT2D eigenvalue weighted by molar-refractivity contribution is 6.10. The second-order valence-corrected chi connectivity index (χ2v) is 6.50. The summed E-state index contributed by atoms with van der Waals surface area (Å²) in [6, 6.07) is 24.5. The molecule has 0 bridgehead atoms. The Kier molecular flexibility index (Phi) is 6.00. The molecule has 0 saturated carbocycles. The Morgan fingerprint density at radius 3 is 2.42 bits per heavy atom. The molecule has 0 fully saturated rings. The van der Waals surface area contributed by atoms with E-state index in [1.807, 2.05) is 78.9 Å². The third-order valence-corrected chi connectivity index (χ3v) is 4.25. The smallest absolute Gasteiger partial charge is 0.389 e. The van der Waals surface area contributed by atoms with Gasteiger partial charge in [0.15, 0.2) is 18.1 Å². The molecule has 0 saturated heterocycles. The Hall–Kier alpha value is -4.44. The van der Waals surface area contributed by atoms with Crippen LogP contribution in [0.3, 0.4) is 0 Å². The monoisotopic (exact) mass is 410 g/mol. The highest BCUT2D eigenvalue weighted by atomic mass is 16.6. The van der Waals surface area contributed by atoms with E-state index < -0.39 is 5.76 Å². The quantitative estimate of drug-likeness (QED) is 0.287. The number of benzene rings is 2. The number of rotatable bonds is 5. The molecule has 0 atom stereocenters. The van der Waals surface area contributed by atoms with Gasteiger partial charge in [-0.05, 0) is 30.2 Å². The van der Waals surface area contributed by atoms with Crippen LogP contribution < -0.4 is 5.76 Å². The number of hydrogen-bond acceptors (Lipinski definition) is 6. The first-order valence-electron chi connectivity index (χ1n) is 9.52. The van der Waals surface area contributed by atoms with Crippen LogP contribution in [0.15, 0.2) is 93.3 Å². The Labute approximate surface area is 178 Å². The van der Waals surface area contributed by atoms with Crippen LogP contribution in [0.1, 0.15) is 28.3 Å². The Bertz CT molecular complexity index is 1310. The number of aromatic nitrogens is 3. The summed E-state index contributed by atoms with van der Waals surface area (Å²) in [5, 5.41) is 4.22. The van der Waals surface area contributed by atoms with Gasteiger partial charge in [0.25, 0.3) is 0 Å². The van der Waals surface area contributed by atoms with Crippen molar-refractivity contribution in [3.05, 3.63) is 118 Å². The molecule has 4 aromatic rings. The molecule has 0 aliphatic rings. The lowest BCUT2D eigenvalue weighted by Gasteiger charge is -2.06. The van der Waals surface area contributed by atoms with Gasteiger partial charge >= 0.3 is 5.76 Å². The lowest BCUT2D eigenvalue weighted by Crippen LogP contribution is -2.12. The molecule has 0 spiro atoms. The number of hydrogen-bond donors (Lipinski definition) is 0. The molecule has 2 heterocycles. The average molecular weight is 410 g/mol. The molecule has 31 heavy (non-hydrogen) atoms. The van der Waals surface area contributed by atoms with Crippen molar-refractivity contribution >= 4 is 5.71 Å². The number of nitrogens with zero attached hydrogens (tertiary/aromatic N) is 4. The van der Waals surface area contributed by atoms with Crippen molar-refractivity contribution in [1.82, 2.24) is 14.7 Å². The molecule has 0 aliphatic carbocycles. The number of aryl methyl sites for hydroxylation is 1. The summed E-state index contributed by atoms with van der Waals surface area (Å²) in [5.41, 5.74) is 3.35. The van der Waals surface area contributed by atoms with E-state index >= 15 is 0 Å². The third-order valence-electron chi connectivity index (χ3n) is 4.25. The maximum atomic E-state index is 11.5. The molecule has 152 valence electrons. The summed E-state index contributed by atoms with van der Waals surface area (Å²) >= 11 is 0. The van der Waals surface area contributed by atoms with E-state index in [2.05, 4.69) is 27.0 Å². The van der Waals surface area contributed by atoms with Crippen LogP contribution in [0, 0.1) is 11.8 Å². The van der Waals surface area contributed by atoms with Crippen LogP contribution in [-0.2, 0) is 18.5 Å². The van der Waals surface area contributed by atoms with Gasteiger partial charge in [-0.2, -0.15) is 9.72 Å². The van der Waals surface area contributed by atoms with Crippen molar-refractivity contribution in [3.8, 4) is 11.8 Å². The molecule has 4 rings (SSSR count). The van der Waals surface area contributed by atoms with Gasteiger partial charge in [-0.15, -0.1) is 0 Å². The number of pyridine rings is 1. The van der Waals surface area contributed by atoms with Gasteiger partial charge in [0.1, 0.15) is 5.69 Å². The molecule has 7 heteroatoms. The predicted molar refractivity (Wildman–Crippen MR) is 115 cm³/mol. The molecule has 0 amide bonds. The first-order chi connectivity index (χ1) is 15.2.